The van der Waals surface area contributed by atoms with E-state index >= 15 is 8.78 Å². The third kappa shape index (κ3) is 4.21. The first kappa shape index (κ1) is 24.6. The Labute approximate surface area is 195 Å². The monoisotopic (exact) mass is 495 g/mol. The third-order valence-corrected chi connectivity index (χ3v) is 12.5. The molecule has 0 saturated heterocycles. The van der Waals surface area contributed by atoms with Crippen molar-refractivity contribution in [2.45, 2.75) is 63.1 Å². The van der Waals surface area contributed by atoms with E-state index in [4.69, 9.17) is 4.43 Å². The van der Waals surface area contributed by atoms with Crippen molar-refractivity contribution >= 4 is 19.1 Å². The van der Waals surface area contributed by atoms with E-state index in [1.54, 1.807) is 6.07 Å². The van der Waals surface area contributed by atoms with Gasteiger partial charge in [-0.1, -0.05) is 63.4 Å². The molecule has 3 aromatic carbocycles. The van der Waals surface area contributed by atoms with Crippen LogP contribution in [0.15, 0.2) is 30.3 Å². The molecule has 0 aliphatic heterocycles. The van der Waals surface area contributed by atoms with Crippen LogP contribution in [0, 0.1) is 41.0 Å². The SMILES string of the molecule is CC(C)[Si](Cc1ccccc1)(Oc1c(F)c(F)c2c(F)c(F)c(F)[c]c2c1F)C1CCCCC1. The second-order valence-electron chi connectivity index (χ2n) is 9.30. The van der Waals surface area contributed by atoms with E-state index in [-0.39, 0.29) is 11.1 Å². The predicted octanol–water partition coefficient (Wildman–Crippen LogP) is 8.33. The summed E-state index contributed by atoms with van der Waals surface area (Å²) in [7, 11) is -3.09. The van der Waals surface area contributed by atoms with Crippen LogP contribution in [0.5, 0.6) is 5.75 Å². The number of halogens is 6. The molecule has 0 N–H and O–H groups in total. The van der Waals surface area contributed by atoms with Crippen LogP contribution in [0.3, 0.4) is 0 Å². The smallest absolute Gasteiger partial charge is 0.261 e. The van der Waals surface area contributed by atoms with Crippen LogP contribution >= 0.6 is 0 Å². The number of benzene rings is 3. The summed E-state index contributed by atoms with van der Waals surface area (Å²) >= 11 is 0. The number of hydrogen-bond donors (Lipinski definition) is 0. The molecule has 0 bridgehead atoms. The molecule has 34 heavy (non-hydrogen) atoms. The maximum atomic E-state index is 15.5. The van der Waals surface area contributed by atoms with Crippen molar-refractivity contribution in [3.05, 3.63) is 76.9 Å². The van der Waals surface area contributed by atoms with Gasteiger partial charge in [0.25, 0.3) is 8.32 Å². The molecule has 0 spiro atoms. The summed E-state index contributed by atoms with van der Waals surface area (Å²) in [5, 5.41) is -2.33. The molecule has 1 saturated carbocycles. The molecule has 3 aromatic rings. The highest BCUT2D eigenvalue weighted by molar-refractivity contribution is 6.76. The van der Waals surface area contributed by atoms with Crippen molar-refractivity contribution in [2.75, 3.05) is 0 Å². The molecular weight excluding hydrogens is 470 g/mol. The summed E-state index contributed by atoms with van der Waals surface area (Å²) in [6, 6.07) is 11.5. The highest BCUT2D eigenvalue weighted by Crippen LogP contribution is 2.47. The lowest BCUT2D eigenvalue weighted by molar-refractivity contribution is 0.377. The maximum Gasteiger partial charge on any atom is 0.261 e. The van der Waals surface area contributed by atoms with Gasteiger partial charge in [-0.2, -0.15) is 4.39 Å². The lowest BCUT2D eigenvalue weighted by Crippen LogP contribution is -2.53. The topological polar surface area (TPSA) is 9.23 Å². The summed E-state index contributed by atoms with van der Waals surface area (Å²) in [4.78, 5) is 0. The molecule has 1 aliphatic carbocycles. The van der Waals surface area contributed by atoms with E-state index in [1.165, 1.54) is 0 Å². The Morgan fingerprint density at radius 2 is 1.47 bits per heavy atom. The highest BCUT2D eigenvalue weighted by Gasteiger charge is 2.49. The van der Waals surface area contributed by atoms with Gasteiger partial charge >= 0.3 is 0 Å². The molecule has 1 unspecified atom stereocenters. The zero-order valence-electron chi connectivity index (χ0n) is 19.0. The van der Waals surface area contributed by atoms with Crippen molar-refractivity contribution in [1.29, 1.82) is 0 Å². The molecule has 0 aromatic heterocycles. The van der Waals surface area contributed by atoms with Crippen molar-refractivity contribution in [1.82, 2.24) is 0 Å². The number of fused-ring (bicyclic) bond motifs is 1. The lowest BCUT2D eigenvalue weighted by Gasteiger charge is -2.43. The van der Waals surface area contributed by atoms with Crippen molar-refractivity contribution in [3.63, 3.8) is 0 Å². The van der Waals surface area contributed by atoms with Gasteiger partial charge in [-0.25, -0.2) is 22.0 Å². The summed E-state index contributed by atoms with van der Waals surface area (Å²) in [6.45, 7) is 3.86. The first-order valence-electron chi connectivity index (χ1n) is 11.5. The molecule has 0 amide bonds. The minimum atomic E-state index is -3.09. The average molecular weight is 496 g/mol. The Morgan fingerprint density at radius 1 is 0.853 bits per heavy atom. The molecular formula is C26H25F6OSi. The molecule has 1 fully saturated rings. The van der Waals surface area contributed by atoms with Crippen LogP contribution in [-0.4, -0.2) is 8.32 Å². The van der Waals surface area contributed by atoms with Crippen LogP contribution in [-0.2, 0) is 6.04 Å². The van der Waals surface area contributed by atoms with Crippen LogP contribution in [0.25, 0.3) is 10.8 Å². The highest BCUT2D eigenvalue weighted by atomic mass is 28.4. The van der Waals surface area contributed by atoms with Gasteiger partial charge in [0.15, 0.2) is 34.8 Å². The summed E-state index contributed by atoms with van der Waals surface area (Å²) in [6.07, 6.45) is 4.58. The molecule has 181 valence electrons. The standard InChI is InChI=1S/C26H25F6OSi/c1-15(2)34(17-11-7-4-8-12-17,14-16-9-5-3-6-10-16)33-26-21(28)18-13-19(27)22(29)23(30)20(18)24(31)25(26)32/h3,5-6,9-10,15,17H,4,7-8,11-12,14H2,1-2H3. The zero-order valence-corrected chi connectivity index (χ0v) is 20.0. The predicted molar refractivity (Wildman–Crippen MR) is 121 cm³/mol. The van der Waals surface area contributed by atoms with Gasteiger partial charge in [0, 0.05) is 17.5 Å². The molecule has 8 heteroatoms. The fourth-order valence-electron chi connectivity index (χ4n) is 5.18. The fourth-order valence-corrected chi connectivity index (χ4v) is 10.1. The summed E-state index contributed by atoms with van der Waals surface area (Å²) < 4.78 is 93.5. The van der Waals surface area contributed by atoms with E-state index in [9.17, 15) is 17.6 Å². The van der Waals surface area contributed by atoms with Crippen LogP contribution in [0.1, 0.15) is 51.5 Å². The van der Waals surface area contributed by atoms with Gasteiger partial charge in [-0.3, -0.25) is 0 Å². The largest absolute Gasteiger partial charge is 0.539 e. The second kappa shape index (κ2) is 9.64. The number of hydrogen-bond acceptors (Lipinski definition) is 1. The van der Waals surface area contributed by atoms with Gasteiger partial charge in [-0.15, -0.1) is 0 Å². The van der Waals surface area contributed by atoms with E-state index in [0.717, 1.165) is 37.7 Å². The Hall–Kier alpha value is -2.48. The fraction of sp³-hybridized carbons (Fsp3) is 0.385. The summed E-state index contributed by atoms with van der Waals surface area (Å²) in [5.41, 5.74) is 0.866. The van der Waals surface area contributed by atoms with Crippen molar-refractivity contribution in [3.8, 4) is 5.75 Å². The Balaban J connectivity index is 1.92. The van der Waals surface area contributed by atoms with Gasteiger partial charge in [0.05, 0.1) is 5.39 Å². The molecule has 4 rings (SSSR count). The lowest BCUT2D eigenvalue weighted by atomic mass is 10.0. The van der Waals surface area contributed by atoms with E-state index in [2.05, 4.69) is 0 Å². The molecule has 1 aliphatic rings. The molecule has 1 radical (unpaired) electrons. The van der Waals surface area contributed by atoms with Crippen molar-refractivity contribution in [2.24, 2.45) is 0 Å². The van der Waals surface area contributed by atoms with Gasteiger partial charge < -0.3 is 4.43 Å². The number of rotatable bonds is 6. The van der Waals surface area contributed by atoms with Crippen LogP contribution < -0.4 is 4.43 Å². The molecule has 1 atom stereocenters. The van der Waals surface area contributed by atoms with Crippen LogP contribution in [0.4, 0.5) is 26.3 Å². The second-order valence-corrected chi connectivity index (χ2v) is 13.7. The van der Waals surface area contributed by atoms with E-state index in [1.807, 2.05) is 44.2 Å². The zero-order chi connectivity index (χ0) is 24.6. The van der Waals surface area contributed by atoms with Gasteiger partial charge in [0.2, 0.25) is 5.82 Å². The average Bonchev–Trinajstić information content (AvgIpc) is 2.84. The third-order valence-electron chi connectivity index (χ3n) is 7.01. The minimum Gasteiger partial charge on any atom is -0.539 e. The molecule has 0 heterocycles. The summed E-state index contributed by atoms with van der Waals surface area (Å²) in [5.74, 6) is -11.9. The Morgan fingerprint density at radius 3 is 2.09 bits per heavy atom. The van der Waals surface area contributed by atoms with Gasteiger partial charge in [-0.05, 0) is 29.5 Å². The normalized spacial score (nSPS) is 16.7. The first-order chi connectivity index (χ1) is 16.2. The van der Waals surface area contributed by atoms with E-state index in [0.29, 0.717) is 6.04 Å². The quantitative estimate of drug-likeness (QED) is 0.145. The Kier molecular flexibility index (Phi) is 6.98. The molecule has 1 nitrogen and oxygen atoms in total. The van der Waals surface area contributed by atoms with Crippen molar-refractivity contribution < 1.29 is 30.8 Å². The maximum absolute atomic E-state index is 15.5. The minimum absolute atomic E-state index is 0.0460. The Bertz CT molecular complexity index is 1190. The van der Waals surface area contributed by atoms with Gasteiger partial charge in [0.1, 0.15) is 0 Å². The van der Waals surface area contributed by atoms with Crippen LogP contribution in [0.2, 0.25) is 11.1 Å². The van der Waals surface area contributed by atoms with E-state index < -0.39 is 59.7 Å². The first-order valence-corrected chi connectivity index (χ1v) is 13.7.